The maximum absolute atomic E-state index is 11.4. The zero-order valence-electron chi connectivity index (χ0n) is 8.05. The second-order valence-electron chi connectivity index (χ2n) is 2.82. The lowest BCUT2D eigenvalue weighted by Gasteiger charge is -2.13. The molecular weight excluding hydrogens is 154 g/mol. The summed E-state index contributed by atoms with van der Waals surface area (Å²) in [5, 5.41) is 0. The first-order valence-electron chi connectivity index (χ1n) is 3.94. The fourth-order valence-corrected chi connectivity index (χ4v) is 0.695. The minimum atomic E-state index is -0.201. The van der Waals surface area contributed by atoms with E-state index in [-0.39, 0.29) is 5.91 Å². The zero-order chi connectivity index (χ0) is 9.72. The van der Waals surface area contributed by atoms with Gasteiger partial charge in [-0.1, -0.05) is 5.57 Å². The molecule has 0 aliphatic rings. The Balaban J connectivity index is 4.59. The first-order chi connectivity index (χ1) is 5.54. The van der Waals surface area contributed by atoms with Crippen molar-refractivity contribution in [1.82, 2.24) is 4.90 Å². The largest absolute Gasteiger partial charge is 0.282 e. The van der Waals surface area contributed by atoms with Gasteiger partial charge in [0.1, 0.15) is 0 Å². The molecule has 3 heteroatoms. The monoisotopic (exact) mass is 169 g/mol. The average molecular weight is 169 g/mol. The summed E-state index contributed by atoms with van der Waals surface area (Å²) in [6, 6.07) is 0. The normalized spacial score (nSPS) is 9.00. The highest BCUT2D eigenvalue weighted by Gasteiger charge is 2.12. The molecule has 0 rings (SSSR count). The molecule has 0 saturated carbocycles. The van der Waals surface area contributed by atoms with Gasteiger partial charge in [0, 0.05) is 12.1 Å². The molecule has 0 aliphatic carbocycles. The van der Waals surface area contributed by atoms with Gasteiger partial charge in [0.2, 0.25) is 6.41 Å². The lowest BCUT2D eigenvalue weighted by atomic mass is 10.1. The van der Waals surface area contributed by atoms with E-state index in [1.54, 1.807) is 13.8 Å². The van der Waals surface area contributed by atoms with Crippen molar-refractivity contribution >= 4 is 12.3 Å². The highest BCUT2D eigenvalue weighted by atomic mass is 16.2. The van der Waals surface area contributed by atoms with Crippen LogP contribution >= 0.6 is 0 Å². The van der Waals surface area contributed by atoms with Crippen molar-refractivity contribution in [2.75, 3.05) is 6.54 Å². The summed E-state index contributed by atoms with van der Waals surface area (Å²) >= 11 is 0. The Morgan fingerprint density at radius 1 is 1.33 bits per heavy atom. The molecule has 0 fully saturated rings. The number of hydrogen-bond acceptors (Lipinski definition) is 2. The van der Waals surface area contributed by atoms with Crippen molar-refractivity contribution in [2.24, 2.45) is 0 Å². The quantitative estimate of drug-likeness (QED) is 0.472. The third kappa shape index (κ3) is 2.49. The summed E-state index contributed by atoms with van der Waals surface area (Å²) in [7, 11) is 0. The van der Waals surface area contributed by atoms with Crippen LogP contribution in [0.3, 0.4) is 0 Å². The van der Waals surface area contributed by atoms with E-state index in [1.165, 1.54) is 0 Å². The smallest absolute Gasteiger partial charge is 0.255 e. The Morgan fingerprint density at radius 2 is 1.83 bits per heavy atom. The average Bonchev–Trinajstić information content (AvgIpc) is 2.05. The SMILES string of the molecule is CCN(C=O)C(=O)C(C)=C(C)C. The fourth-order valence-electron chi connectivity index (χ4n) is 0.695. The molecule has 0 N–H and O–H groups in total. The van der Waals surface area contributed by atoms with Crippen LogP contribution in [0.15, 0.2) is 11.1 Å². The van der Waals surface area contributed by atoms with Crippen LogP contribution in [0, 0.1) is 0 Å². The van der Waals surface area contributed by atoms with Gasteiger partial charge in [-0.05, 0) is 27.7 Å². The van der Waals surface area contributed by atoms with Gasteiger partial charge in [0.15, 0.2) is 0 Å². The number of imide groups is 1. The number of hydrogen-bond donors (Lipinski definition) is 0. The van der Waals surface area contributed by atoms with E-state index in [2.05, 4.69) is 0 Å². The molecule has 12 heavy (non-hydrogen) atoms. The predicted molar refractivity (Wildman–Crippen MR) is 47.5 cm³/mol. The molecule has 0 aromatic heterocycles. The van der Waals surface area contributed by atoms with E-state index in [9.17, 15) is 9.59 Å². The summed E-state index contributed by atoms with van der Waals surface area (Å²) in [4.78, 5) is 22.9. The molecule has 0 saturated heterocycles. The lowest BCUT2D eigenvalue weighted by molar-refractivity contribution is -0.134. The molecule has 68 valence electrons. The zero-order valence-corrected chi connectivity index (χ0v) is 8.05. The number of nitrogens with zero attached hydrogens (tertiary/aromatic N) is 1. The van der Waals surface area contributed by atoms with Crippen LogP contribution in [-0.4, -0.2) is 23.8 Å². The third-order valence-corrected chi connectivity index (χ3v) is 1.80. The highest BCUT2D eigenvalue weighted by Crippen LogP contribution is 2.05. The van der Waals surface area contributed by atoms with E-state index in [1.807, 2.05) is 13.8 Å². The molecule has 0 aliphatic heterocycles. The number of amides is 2. The Bertz CT molecular complexity index is 215. The first-order valence-corrected chi connectivity index (χ1v) is 3.94. The van der Waals surface area contributed by atoms with Crippen molar-refractivity contribution in [3.63, 3.8) is 0 Å². The molecule has 0 heterocycles. The Hall–Kier alpha value is -1.12. The summed E-state index contributed by atoms with van der Waals surface area (Å²) in [5.41, 5.74) is 1.59. The fraction of sp³-hybridized carbons (Fsp3) is 0.556. The van der Waals surface area contributed by atoms with Crippen molar-refractivity contribution in [1.29, 1.82) is 0 Å². The summed E-state index contributed by atoms with van der Waals surface area (Å²) < 4.78 is 0. The molecule has 2 amide bonds. The number of carbonyl (C=O) groups is 2. The van der Waals surface area contributed by atoms with Crippen molar-refractivity contribution in [2.45, 2.75) is 27.7 Å². The van der Waals surface area contributed by atoms with Gasteiger partial charge in [-0.3, -0.25) is 14.5 Å². The number of likely N-dealkylation sites (N-methyl/N-ethyl adjacent to an activating group) is 1. The van der Waals surface area contributed by atoms with E-state index >= 15 is 0 Å². The third-order valence-electron chi connectivity index (χ3n) is 1.80. The van der Waals surface area contributed by atoms with Crippen LogP contribution in [0.1, 0.15) is 27.7 Å². The van der Waals surface area contributed by atoms with Gasteiger partial charge in [-0.2, -0.15) is 0 Å². The minimum absolute atomic E-state index is 0.201. The highest BCUT2D eigenvalue weighted by molar-refractivity contribution is 5.99. The molecule has 0 aromatic rings. The number of rotatable bonds is 3. The van der Waals surface area contributed by atoms with Crippen LogP contribution in [0.25, 0.3) is 0 Å². The summed E-state index contributed by atoms with van der Waals surface area (Å²) in [5.74, 6) is -0.201. The van der Waals surface area contributed by atoms with Crippen molar-refractivity contribution < 1.29 is 9.59 Å². The van der Waals surface area contributed by atoms with Crippen LogP contribution in [0.5, 0.6) is 0 Å². The second kappa shape index (κ2) is 4.70. The van der Waals surface area contributed by atoms with Crippen molar-refractivity contribution in [3.05, 3.63) is 11.1 Å². The molecule has 3 nitrogen and oxygen atoms in total. The molecule has 0 aromatic carbocycles. The summed E-state index contributed by atoms with van der Waals surface area (Å²) in [6.45, 7) is 7.62. The number of allylic oxidation sites excluding steroid dienone is 1. The molecule has 0 bridgehead atoms. The van der Waals surface area contributed by atoms with Gasteiger partial charge in [-0.15, -0.1) is 0 Å². The Kier molecular flexibility index (Phi) is 4.26. The topological polar surface area (TPSA) is 37.4 Å². The molecule has 0 radical (unpaired) electrons. The van der Waals surface area contributed by atoms with E-state index < -0.39 is 0 Å². The minimum Gasteiger partial charge on any atom is -0.282 e. The van der Waals surface area contributed by atoms with Crippen LogP contribution in [-0.2, 0) is 9.59 Å². The molecule has 0 spiro atoms. The van der Waals surface area contributed by atoms with Gasteiger partial charge < -0.3 is 0 Å². The lowest BCUT2D eigenvalue weighted by Crippen LogP contribution is -2.30. The maximum atomic E-state index is 11.4. The Morgan fingerprint density at radius 3 is 2.08 bits per heavy atom. The standard InChI is InChI=1S/C9H15NO2/c1-5-10(6-11)9(12)8(4)7(2)3/h6H,5H2,1-4H3. The van der Waals surface area contributed by atoms with Gasteiger partial charge in [-0.25, -0.2) is 0 Å². The first kappa shape index (κ1) is 10.9. The van der Waals surface area contributed by atoms with Gasteiger partial charge in [0.05, 0.1) is 0 Å². The second-order valence-corrected chi connectivity index (χ2v) is 2.82. The van der Waals surface area contributed by atoms with Crippen LogP contribution in [0.2, 0.25) is 0 Å². The van der Waals surface area contributed by atoms with Gasteiger partial charge >= 0.3 is 0 Å². The molecular formula is C9H15NO2. The van der Waals surface area contributed by atoms with Crippen molar-refractivity contribution in [3.8, 4) is 0 Å². The number of carbonyl (C=O) groups excluding carboxylic acids is 2. The maximum Gasteiger partial charge on any atom is 0.255 e. The predicted octanol–water partition coefficient (Wildman–Crippen LogP) is 1.35. The molecule has 0 atom stereocenters. The summed E-state index contributed by atoms with van der Waals surface area (Å²) in [6.07, 6.45) is 0.564. The van der Waals surface area contributed by atoms with Crippen LogP contribution in [0.4, 0.5) is 0 Å². The van der Waals surface area contributed by atoms with Crippen LogP contribution < -0.4 is 0 Å². The van der Waals surface area contributed by atoms with E-state index in [0.29, 0.717) is 18.5 Å². The van der Waals surface area contributed by atoms with E-state index in [4.69, 9.17) is 0 Å². The molecule has 0 unspecified atom stereocenters. The van der Waals surface area contributed by atoms with E-state index in [0.717, 1.165) is 10.5 Å². The van der Waals surface area contributed by atoms with Gasteiger partial charge in [0.25, 0.3) is 5.91 Å². The Labute approximate surface area is 73.1 Å².